The first kappa shape index (κ1) is 11.1. The molecule has 84 valence electrons. The van der Waals surface area contributed by atoms with Gasteiger partial charge in [-0.3, -0.25) is 4.68 Å². The Morgan fingerprint density at radius 1 is 1.44 bits per heavy atom. The highest BCUT2D eigenvalue weighted by Gasteiger charge is 2.13. The van der Waals surface area contributed by atoms with E-state index in [9.17, 15) is 4.39 Å². The minimum atomic E-state index is -0.348. The Hall–Kier alpha value is -1.36. The highest BCUT2D eigenvalue weighted by Crippen LogP contribution is 2.30. The van der Waals surface area contributed by atoms with E-state index in [1.807, 2.05) is 0 Å². The summed E-state index contributed by atoms with van der Waals surface area (Å²) in [5.41, 5.74) is 1.04. The van der Waals surface area contributed by atoms with Gasteiger partial charge in [0.25, 0.3) is 0 Å². The van der Waals surface area contributed by atoms with Crippen LogP contribution in [0.3, 0.4) is 0 Å². The predicted octanol–water partition coefficient (Wildman–Crippen LogP) is 3.00. The Bertz CT molecular complexity index is 525. The number of nitrogens with zero attached hydrogens (tertiary/aromatic N) is 2. The number of ether oxygens (including phenoxy) is 1. The highest BCUT2D eigenvalue weighted by atomic mass is 79.9. The zero-order valence-corrected chi connectivity index (χ0v) is 10.5. The molecule has 16 heavy (non-hydrogen) atoms. The molecule has 0 aliphatic heterocycles. The summed E-state index contributed by atoms with van der Waals surface area (Å²) in [6.45, 7) is 0. The van der Waals surface area contributed by atoms with E-state index in [4.69, 9.17) is 4.74 Å². The van der Waals surface area contributed by atoms with Crippen molar-refractivity contribution in [1.82, 2.24) is 9.78 Å². The minimum absolute atomic E-state index is 0.348. The summed E-state index contributed by atoms with van der Waals surface area (Å²) in [5.74, 6) is 0.145. The molecule has 2 aromatic rings. The number of hydrogen-bond acceptors (Lipinski definition) is 2. The topological polar surface area (TPSA) is 27.1 Å². The maximum Gasteiger partial charge on any atom is 0.136 e. The molecule has 2 rings (SSSR count). The van der Waals surface area contributed by atoms with Crippen LogP contribution in [0.1, 0.15) is 0 Å². The van der Waals surface area contributed by atoms with Crippen molar-refractivity contribution < 1.29 is 9.13 Å². The standard InChI is InChI=1S/C11H10BrFN2O/c1-15-6-9(12)11(14-15)8-4-3-7(16-2)5-10(8)13/h3-6H,1-2H3. The normalized spacial score (nSPS) is 10.5. The van der Waals surface area contributed by atoms with Gasteiger partial charge in [-0.05, 0) is 28.1 Å². The number of methoxy groups -OCH3 is 1. The van der Waals surface area contributed by atoms with Crippen LogP contribution in [0, 0.1) is 5.82 Å². The second kappa shape index (κ2) is 4.25. The van der Waals surface area contributed by atoms with E-state index >= 15 is 0 Å². The Labute approximate surface area is 101 Å². The predicted molar refractivity (Wildman–Crippen MR) is 62.9 cm³/mol. The number of halogens is 2. The van der Waals surface area contributed by atoms with E-state index in [0.717, 1.165) is 4.47 Å². The van der Waals surface area contributed by atoms with Crippen molar-refractivity contribution in [1.29, 1.82) is 0 Å². The molecule has 0 N–H and O–H groups in total. The first-order chi connectivity index (χ1) is 7.61. The van der Waals surface area contributed by atoms with Crippen LogP contribution in [0.2, 0.25) is 0 Å². The summed E-state index contributed by atoms with van der Waals surface area (Å²) in [7, 11) is 3.29. The Morgan fingerprint density at radius 3 is 2.69 bits per heavy atom. The van der Waals surface area contributed by atoms with Crippen molar-refractivity contribution >= 4 is 15.9 Å². The molecular formula is C11H10BrFN2O. The monoisotopic (exact) mass is 284 g/mol. The zero-order chi connectivity index (χ0) is 11.7. The first-order valence-corrected chi connectivity index (χ1v) is 5.44. The number of aromatic nitrogens is 2. The van der Waals surface area contributed by atoms with E-state index in [0.29, 0.717) is 17.0 Å². The second-order valence-electron chi connectivity index (χ2n) is 3.35. The maximum absolute atomic E-state index is 13.8. The largest absolute Gasteiger partial charge is 0.497 e. The molecule has 0 unspecified atom stereocenters. The van der Waals surface area contributed by atoms with Gasteiger partial charge in [-0.25, -0.2) is 4.39 Å². The summed E-state index contributed by atoms with van der Waals surface area (Å²) in [6, 6.07) is 4.71. The van der Waals surface area contributed by atoms with Gasteiger partial charge >= 0.3 is 0 Å². The molecular weight excluding hydrogens is 275 g/mol. The van der Waals surface area contributed by atoms with E-state index in [-0.39, 0.29) is 5.82 Å². The van der Waals surface area contributed by atoms with Gasteiger partial charge in [-0.2, -0.15) is 5.10 Å². The lowest BCUT2D eigenvalue weighted by Crippen LogP contribution is -1.91. The number of benzene rings is 1. The molecule has 0 fully saturated rings. The summed E-state index contributed by atoms with van der Waals surface area (Å²) in [4.78, 5) is 0. The van der Waals surface area contributed by atoms with Crippen molar-refractivity contribution in [3.63, 3.8) is 0 Å². The molecule has 0 saturated heterocycles. The van der Waals surface area contributed by atoms with Crippen LogP contribution < -0.4 is 4.74 Å². The van der Waals surface area contributed by atoms with Crippen LogP contribution in [0.25, 0.3) is 11.3 Å². The van der Waals surface area contributed by atoms with Crippen molar-refractivity contribution in [3.05, 3.63) is 34.7 Å². The molecule has 5 heteroatoms. The molecule has 0 atom stereocenters. The molecule has 0 saturated carbocycles. The third-order valence-corrected chi connectivity index (χ3v) is 2.80. The van der Waals surface area contributed by atoms with Gasteiger partial charge in [0, 0.05) is 24.9 Å². The van der Waals surface area contributed by atoms with Gasteiger partial charge in [0.15, 0.2) is 0 Å². The van der Waals surface area contributed by atoms with E-state index < -0.39 is 0 Å². The van der Waals surface area contributed by atoms with Crippen molar-refractivity contribution in [2.24, 2.45) is 7.05 Å². The molecule has 1 aromatic heterocycles. The van der Waals surface area contributed by atoms with Gasteiger partial charge < -0.3 is 4.74 Å². The van der Waals surface area contributed by atoms with Gasteiger partial charge in [0.05, 0.1) is 11.6 Å². The fourth-order valence-corrected chi connectivity index (χ4v) is 2.05. The highest BCUT2D eigenvalue weighted by molar-refractivity contribution is 9.10. The summed E-state index contributed by atoms with van der Waals surface area (Å²) in [5, 5.41) is 4.19. The summed E-state index contributed by atoms with van der Waals surface area (Å²) >= 11 is 3.34. The SMILES string of the molecule is COc1ccc(-c2nn(C)cc2Br)c(F)c1. The van der Waals surface area contributed by atoms with Gasteiger partial charge in [0.2, 0.25) is 0 Å². The molecule has 0 spiro atoms. The van der Waals surface area contributed by atoms with Crippen LogP contribution in [0.4, 0.5) is 4.39 Å². The van der Waals surface area contributed by atoms with Crippen LogP contribution in [0.5, 0.6) is 5.75 Å². The van der Waals surface area contributed by atoms with Crippen molar-refractivity contribution in [2.75, 3.05) is 7.11 Å². The second-order valence-corrected chi connectivity index (χ2v) is 4.20. The van der Waals surface area contributed by atoms with Gasteiger partial charge in [0.1, 0.15) is 17.3 Å². The number of hydrogen-bond donors (Lipinski definition) is 0. The molecule has 0 radical (unpaired) electrons. The van der Waals surface area contributed by atoms with Crippen LogP contribution in [0.15, 0.2) is 28.9 Å². The van der Waals surface area contributed by atoms with Crippen LogP contribution >= 0.6 is 15.9 Å². The van der Waals surface area contributed by atoms with Gasteiger partial charge in [-0.1, -0.05) is 0 Å². The third-order valence-electron chi connectivity index (χ3n) is 2.22. The molecule has 0 bridgehead atoms. The molecule has 0 amide bonds. The van der Waals surface area contributed by atoms with Crippen molar-refractivity contribution in [3.8, 4) is 17.0 Å². The summed E-state index contributed by atoms with van der Waals surface area (Å²) in [6.07, 6.45) is 1.78. The Balaban J connectivity index is 2.52. The van der Waals surface area contributed by atoms with E-state index in [2.05, 4.69) is 21.0 Å². The smallest absolute Gasteiger partial charge is 0.136 e. The quantitative estimate of drug-likeness (QED) is 0.848. The molecule has 3 nitrogen and oxygen atoms in total. The van der Waals surface area contributed by atoms with Crippen molar-refractivity contribution in [2.45, 2.75) is 0 Å². The lowest BCUT2D eigenvalue weighted by molar-refractivity contribution is 0.411. The molecule has 1 aromatic carbocycles. The van der Waals surface area contributed by atoms with Gasteiger partial charge in [-0.15, -0.1) is 0 Å². The molecule has 0 aliphatic carbocycles. The maximum atomic E-state index is 13.8. The summed E-state index contributed by atoms with van der Waals surface area (Å²) < 4.78 is 21.1. The fourth-order valence-electron chi connectivity index (χ4n) is 1.46. The lowest BCUT2D eigenvalue weighted by Gasteiger charge is -2.03. The number of aryl methyl sites for hydroxylation is 1. The number of rotatable bonds is 2. The minimum Gasteiger partial charge on any atom is -0.497 e. The Morgan fingerprint density at radius 2 is 2.19 bits per heavy atom. The first-order valence-electron chi connectivity index (χ1n) is 4.65. The fraction of sp³-hybridized carbons (Fsp3) is 0.182. The van der Waals surface area contributed by atoms with E-state index in [1.54, 1.807) is 30.1 Å². The lowest BCUT2D eigenvalue weighted by atomic mass is 10.1. The molecule has 0 aliphatic rings. The van der Waals surface area contributed by atoms with Crippen LogP contribution in [-0.4, -0.2) is 16.9 Å². The van der Waals surface area contributed by atoms with Crippen LogP contribution in [-0.2, 0) is 7.05 Å². The third kappa shape index (κ3) is 1.95. The average Bonchev–Trinajstić information content (AvgIpc) is 2.57. The average molecular weight is 285 g/mol. The Kier molecular flexibility index (Phi) is 2.96. The molecule has 1 heterocycles. The zero-order valence-electron chi connectivity index (χ0n) is 8.87. The van der Waals surface area contributed by atoms with E-state index in [1.165, 1.54) is 13.2 Å².